The quantitative estimate of drug-likeness (QED) is 0.213. The van der Waals surface area contributed by atoms with E-state index in [4.69, 9.17) is 0 Å². The van der Waals surface area contributed by atoms with Crippen molar-refractivity contribution < 1.29 is 0 Å². The molecule has 0 saturated carbocycles. The van der Waals surface area contributed by atoms with Gasteiger partial charge in [-0.25, -0.2) is 0 Å². The van der Waals surface area contributed by atoms with Gasteiger partial charge in [-0.3, -0.25) is 0 Å². The molecule has 0 spiro atoms. The van der Waals surface area contributed by atoms with Crippen LogP contribution >= 0.6 is 0 Å². The van der Waals surface area contributed by atoms with Crippen molar-refractivity contribution in [2.75, 3.05) is 0 Å². The van der Waals surface area contributed by atoms with Crippen molar-refractivity contribution in [1.82, 2.24) is 9.13 Å². The molecule has 0 atom stereocenters. The first-order chi connectivity index (χ1) is 20.9. The Morgan fingerprint density at radius 2 is 1.00 bits per heavy atom. The predicted molar refractivity (Wildman–Crippen MR) is 178 cm³/mol. The maximum atomic E-state index is 2.45. The van der Waals surface area contributed by atoms with Gasteiger partial charge in [0.2, 0.25) is 0 Å². The lowest BCUT2D eigenvalue weighted by Gasteiger charge is -2.12. The summed E-state index contributed by atoms with van der Waals surface area (Å²) >= 11 is 0. The zero-order valence-electron chi connectivity index (χ0n) is 22.9. The van der Waals surface area contributed by atoms with Crippen molar-refractivity contribution in [2.24, 2.45) is 0 Å². The molecule has 0 fully saturated rings. The molecule has 2 nitrogen and oxygen atoms in total. The fraction of sp³-hybridized carbons (Fsp3) is 0. The Hall–Kier alpha value is -5.60. The van der Waals surface area contributed by atoms with Crippen LogP contribution in [0.5, 0.6) is 0 Å². The highest BCUT2D eigenvalue weighted by Crippen LogP contribution is 2.44. The molecular weight excluding hydrogens is 508 g/mol. The standard InChI is InChI=1S/C40H26N2/c1-3-13-28(14-4-1)32-19-11-20-34-39-37(42(40(32)34)30-16-5-2-6-17-30)25-24-36-38(39)33-18-9-10-21-35(33)41(36)31-23-22-27-12-7-8-15-29(27)26-31/h1-26H. The molecule has 9 aromatic rings. The molecule has 7 aromatic carbocycles. The van der Waals surface area contributed by atoms with Crippen molar-refractivity contribution in [3.8, 4) is 22.5 Å². The maximum Gasteiger partial charge on any atom is 0.0619 e. The number of aromatic nitrogens is 2. The summed E-state index contributed by atoms with van der Waals surface area (Å²) < 4.78 is 4.89. The molecule has 0 unspecified atom stereocenters. The molecule has 196 valence electrons. The van der Waals surface area contributed by atoms with Gasteiger partial charge < -0.3 is 9.13 Å². The van der Waals surface area contributed by atoms with Crippen LogP contribution in [0.4, 0.5) is 0 Å². The largest absolute Gasteiger partial charge is 0.309 e. The third kappa shape index (κ3) is 3.27. The molecule has 0 bridgehead atoms. The molecule has 0 aliphatic carbocycles. The molecule has 0 aliphatic rings. The predicted octanol–water partition coefficient (Wildman–Crippen LogP) is 10.7. The highest BCUT2D eigenvalue weighted by molar-refractivity contribution is 6.30. The average Bonchev–Trinajstić information content (AvgIpc) is 3.58. The number of para-hydroxylation sites is 3. The number of hydrogen-bond donors (Lipinski definition) is 0. The molecule has 2 heteroatoms. The zero-order chi connectivity index (χ0) is 27.6. The Morgan fingerprint density at radius 3 is 1.83 bits per heavy atom. The van der Waals surface area contributed by atoms with Crippen LogP contribution in [0.1, 0.15) is 0 Å². The lowest BCUT2D eigenvalue weighted by atomic mass is 10.0. The first kappa shape index (κ1) is 23.1. The number of fused-ring (bicyclic) bond motifs is 8. The molecule has 2 aromatic heterocycles. The van der Waals surface area contributed by atoms with Crippen LogP contribution < -0.4 is 0 Å². The second kappa shape index (κ2) is 8.95. The van der Waals surface area contributed by atoms with Crippen LogP contribution in [0.25, 0.3) is 76.9 Å². The Balaban J connectivity index is 1.48. The van der Waals surface area contributed by atoms with Crippen LogP contribution in [0, 0.1) is 0 Å². The van der Waals surface area contributed by atoms with E-state index in [0.717, 1.165) is 0 Å². The van der Waals surface area contributed by atoms with E-state index in [1.54, 1.807) is 0 Å². The molecule has 0 radical (unpaired) electrons. The lowest BCUT2D eigenvalue weighted by Crippen LogP contribution is -1.95. The molecule has 9 rings (SSSR count). The summed E-state index contributed by atoms with van der Waals surface area (Å²) in [5.74, 6) is 0. The van der Waals surface area contributed by atoms with E-state index in [9.17, 15) is 0 Å². The maximum absolute atomic E-state index is 2.45. The van der Waals surface area contributed by atoms with Crippen molar-refractivity contribution in [2.45, 2.75) is 0 Å². The molecule has 42 heavy (non-hydrogen) atoms. The molecule has 0 aliphatic heterocycles. The summed E-state index contributed by atoms with van der Waals surface area (Å²) in [6.45, 7) is 0. The van der Waals surface area contributed by atoms with Gasteiger partial charge in [0.15, 0.2) is 0 Å². The molecule has 0 N–H and O–H groups in total. The molecule has 0 saturated heterocycles. The fourth-order valence-corrected chi connectivity index (χ4v) is 6.90. The minimum atomic E-state index is 1.17. The monoisotopic (exact) mass is 534 g/mol. The Kier molecular flexibility index (Phi) is 4.93. The Labute approximate surface area is 243 Å². The van der Waals surface area contributed by atoms with Gasteiger partial charge in [0.25, 0.3) is 0 Å². The summed E-state index contributed by atoms with van der Waals surface area (Å²) in [6, 6.07) is 57.1. The summed E-state index contributed by atoms with van der Waals surface area (Å²) in [7, 11) is 0. The average molecular weight is 535 g/mol. The van der Waals surface area contributed by atoms with E-state index in [1.807, 2.05) is 0 Å². The van der Waals surface area contributed by atoms with Gasteiger partial charge in [0.1, 0.15) is 0 Å². The molecular formula is C40H26N2. The van der Waals surface area contributed by atoms with Gasteiger partial charge in [-0.15, -0.1) is 0 Å². The summed E-state index contributed by atoms with van der Waals surface area (Å²) in [6.07, 6.45) is 0. The topological polar surface area (TPSA) is 9.86 Å². The highest BCUT2D eigenvalue weighted by atomic mass is 15.0. The van der Waals surface area contributed by atoms with Crippen LogP contribution in [0.15, 0.2) is 158 Å². The SMILES string of the molecule is c1ccc(-c2cccc3c4c5c6ccccc6n(-c6ccc7ccccc7c6)c5ccc4n(-c4ccccc4)c23)cc1. The first-order valence-corrected chi connectivity index (χ1v) is 14.5. The first-order valence-electron chi connectivity index (χ1n) is 14.5. The van der Waals surface area contributed by atoms with E-state index in [-0.39, 0.29) is 0 Å². The van der Waals surface area contributed by atoms with Gasteiger partial charge in [-0.05, 0) is 58.8 Å². The second-order valence-corrected chi connectivity index (χ2v) is 11.0. The fourth-order valence-electron chi connectivity index (χ4n) is 6.90. The lowest BCUT2D eigenvalue weighted by molar-refractivity contribution is 1.17. The van der Waals surface area contributed by atoms with Gasteiger partial charge >= 0.3 is 0 Å². The minimum Gasteiger partial charge on any atom is -0.309 e. The second-order valence-electron chi connectivity index (χ2n) is 11.0. The van der Waals surface area contributed by atoms with Gasteiger partial charge in [0.05, 0.1) is 22.1 Å². The normalized spacial score (nSPS) is 11.8. The van der Waals surface area contributed by atoms with Crippen molar-refractivity contribution in [3.63, 3.8) is 0 Å². The van der Waals surface area contributed by atoms with Crippen LogP contribution in [0.2, 0.25) is 0 Å². The molecule has 2 heterocycles. The van der Waals surface area contributed by atoms with Crippen LogP contribution in [0.3, 0.4) is 0 Å². The number of benzene rings is 7. The van der Waals surface area contributed by atoms with E-state index >= 15 is 0 Å². The number of nitrogens with zero attached hydrogens (tertiary/aromatic N) is 2. The summed E-state index contributed by atoms with van der Waals surface area (Å²) in [5, 5.41) is 7.62. The van der Waals surface area contributed by atoms with Crippen LogP contribution in [-0.4, -0.2) is 9.13 Å². The van der Waals surface area contributed by atoms with Crippen molar-refractivity contribution >= 4 is 54.4 Å². The Bertz CT molecular complexity index is 2440. The number of hydrogen-bond acceptors (Lipinski definition) is 0. The smallest absolute Gasteiger partial charge is 0.0619 e. The zero-order valence-corrected chi connectivity index (χ0v) is 22.9. The van der Waals surface area contributed by atoms with E-state index in [1.165, 1.54) is 76.9 Å². The van der Waals surface area contributed by atoms with Crippen molar-refractivity contribution in [3.05, 3.63) is 158 Å². The van der Waals surface area contributed by atoms with Gasteiger partial charge in [-0.1, -0.05) is 115 Å². The highest BCUT2D eigenvalue weighted by Gasteiger charge is 2.22. The third-order valence-corrected chi connectivity index (χ3v) is 8.68. The minimum absolute atomic E-state index is 1.17. The van der Waals surface area contributed by atoms with Crippen LogP contribution in [-0.2, 0) is 0 Å². The van der Waals surface area contributed by atoms with E-state index in [0.29, 0.717) is 0 Å². The van der Waals surface area contributed by atoms with Crippen molar-refractivity contribution in [1.29, 1.82) is 0 Å². The van der Waals surface area contributed by atoms with E-state index < -0.39 is 0 Å². The summed E-state index contributed by atoms with van der Waals surface area (Å²) in [5.41, 5.74) is 9.69. The van der Waals surface area contributed by atoms with Gasteiger partial charge in [-0.2, -0.15) is 0 Å². The third-order valence-electron chi connectivity index (χ3n) is 8.68. The summed E-state index contributed by atoms with van der Waals surface area (Å²) in [4.78, 5) is 0. The van der Waals surface area contributed by atoms with E-state index in [2.05, 4.69) is 167 Å². The Morgan fingerprint density at radius 1 is 0.357 bits per heavy atom. The number of rotatable bonds is 3. The molecule has 0 amide bonds. The van der Waals surface area contributed by atoms with Gasteiger partial charge in [0, 0.05) is 38.5 Å².